The van der Waals surface area contributed by atoms with Gasteiger partial charge in [-0.25, -0.2) is 8.78 Å². The summed E-state index contributed by atoms with van der Waals surface area (Å²) in [5, 5.41) is 5.08. The third-order valence-corrected chi connectivity index (χ3v) is 3.21. The zero-order valence-electron chi connectivity index (χ0n) is 14.1. The third-order valence-electron chi connectivity index (χ3n) is 3.21. The van der Waals surface area contributed by atoms with Gasteiger partial charge in [-0.2, -0.15) is 0 Å². The van der Waals surface area contributed by atoms with Crippen molar-refractivity contribution in [2.75, 3.05) is 13.2 Å². The topological polar surface area (TPSA) is 93.5 Å². The van der Waals surface area contributed by atoms with E-state index in [1.807, 2.05) is 13.8 Å². The predicted molar refractivity (Wildman–Crippen MR) is 92.9 cm³/mol. The molecule has 0 aliphatic carbocycles. The first-order valence-electron chi connectivity index (χ1n) is 7.59. The normalized spacial score (nSPS) is 11.6. The van der Waals surface area contributed by atoms with E-state index in [0.717, 1.165) is 0 Å². The van der Waals surface area contributed by atoms with Crippen LogP contribution < -0.4 is 21.1 Å². The molecular formula is C16H24ClF2N3O3. The van der Waals surface area contributed by atoms with Crippen LogP contribution in [0.3, 0.4) is 0 Å². The average molecular weight is 380 g/mol. The van der Waals surface area contributed by atoms with Gasteiger partial charge >= 0.3 is 0 Å². The molecule has 0 saturated heterocycles. The summed E-state index contributed by atoms with van der Waals surface area (Å²) in [7, 11) is 0. The van der Waals surface area contributed by atoms with E-state index in [2.05, 4.69) is 10.6 Å². The van der Waals surface area contributed by atoms with Crippen LogP contribution in [0.15, 0.2) is 24.3 Å². The van der Waals surface area contributed by atoms with E-state index in [1.54, 1.807) is 24.3 Å². The summed E-state index contributed by atoms with van der Waals surface area (Å²) in [5.74, 6) is -0.483. The molecule has 1 aromatic rings. The van der Waals surface area contributed by atoms with Crippen molar-refractivity contribution in [2.45, 2.75) is 32.9 Å². The van der Waals surface area contributed by atoms with Gasteiger partial charge in [0, 0.05) is 6.54 Å². The van der Waals surface area contributed by atoms with Gasteiger partial charge in [0.1, 0.15) is 12.4 Å². The number of carbonyl (C=O) groups is 2. The summed E-state index contributed by atoms with van der Waals surface area (Å²) >= 11 is 0. The average Bonchev–Trinajstić information content (AvgIpc) is 2.55. The van der Waals surface area contributed by atoms with Crippen molar-refractivity contribution in [3.05, 3.63) is 29.8 Å². The van der Waals surface area contributed by atoms with Gasteiger partial charge in [0.2, 0.25) is 11.8 Å². The van der Waals surface area contributed by atoms with Crippen LogP contribution in [0, 0.1) is 5.92 Å². The van der Waals surface area contributed by atoms with Crippen molar-refractivity contribution >= 4 is 24.2 Å². The molecule has 0 heterocycles. The van der Waals surface area contributed by atoms with E-state index in [1.165, 1.54) is 0 Å². The standard InChI is InChI=1S/C16H23F2N3O3.ClH/c1-10(2)15(19)16(23)21-8-14(22)20-7-11-4-3-5-12(6-11)24-9-13(17)18;/h3-6,10,13,15H,7-9,19H2,1-2H3,(H,20,22)(H,21,23);1H/t15-;/m0./s1. The molecule has 0 fully saturated rings. The van der Waals surface area contributed by atoms with Crippen molar-refractivity contribution in [3.8, 4) is 5.75 Å². The van der Waals surface area contributed by atoms with Crippen molar-refractivity contribution in [1.29, 1.82) is 0 Å². The Bertz CT molecular complexity index is 559. The summed E-state index contributed by atoms with van der Waals surface area (Å²) in [6, 6.07) is 5.83. The highest BCUT2D eigenvalue weighted by Crippen LogP contribution is 2.14. The number of halogens is 3. The van der Waals surface area contributed by atoms with Gasteiger partial charge in [-0.05, 0) is 23.6 Å². The molecule has 0 unspecified atom stereocenters. The molecule has 0 bridgehead atoms. The van der Waals surface area contributed by atoms with Crippen molar-refractivity contribution in [1.82, 2.24) is 10.6 Å². The van der Waals surface area contributed by atoms with Crippen molar-refractivity contribution in [3.63, 3.8) is 0 Å². The molecule has 2 amide bonds. The van der Waals surface area contributed by atoms with Crippen LogP contribution in [-0.4, -0.2) is 37.4 Å². The van der Waals surface area contributed by atoms with E-state index in [-0.39, 0.29) is 43.2 Å². The van der Waals surface area contributed by atoms with E-state index in [0.29, 0.717) is 11.3 Å². The molecule has 0 radical (unpaired) electrons. The summed E-state index contributed by atoms with van der Waals surface area (Å²) in [6.07, 6.45) is -2.55. The van der Waals surface area contributed by atoms with Gasteiger partial charge in [-0.15, -0.1) is 12.4 Å². The van der Waals surface area contributed by atoms with E-state index >= 15 is 0 Å². The first-order chi connectivity index (χ1) is 11.3. The molecular weight excluding hydrogens is 356 g/mol. The Labute approximate surface area is 151 Å². The fourth-order valence-corrected chi connectivity index (χ4v) is 1.76. The van der Waals surface area contributed by atoms with Gasteiger partial charge in [0.05, 0.1) is 12.6 Å². The molecule has 4 N–H and O–H groups in total. The number of ether oxygens (including phenoxy) is 1. The van der Waals surface area contributed by atoms with Crippen LogP contribution in [0.5, 0.6) is 5.75 Å². The molecule has 0 aliphatic heterocycles. The predicted octanol–water partition coefficient (Wildman–Crippen LogP) is 1.47. The quantitative estimate of drug-likeness (QED) is 0.605. The number of hydrogen-bond acceptors (Lipinski definition) is 4. The van der Waals surface area contributed by atoms with Crippen LogP contribution in [0.1, 0.15) is 19.4 Å². The molecule has 1 aromatic carbocycles. The van der Waals surface area contributed by atoms with Crippen molar-refractivity contribution < 1.29 is 23.1 Å². The third kappa shape index (κ3) is 9.21. The number of hydrogen-bond donors (Lipinski definition) is 3. The lowest BCUT2D eigenvalue weighted by Gasteiger charge is -2.15. The summed E-state index contributed by atoms with van der Waals surface area (Å²) in [6.45, 7) is 2.95. The van der Waals surface area contributed by atoms with Crippen LogP contribution in [0.25, 0.3) is 0 Å². The van der Waals surface area contributed by atoms with Gasteiger partial charge in [-0.3, -0.25) is 9.59 Å². The molecule has 25 heavy (non-hydrogen) atoms. The van der Waals surface area contributed by atoms with E-state index in [4.69, 9.17) is 10.5 Å². The molecule has 1 rings (SSSR count). The minimum Gasteiger partial charge on any atom is -0.488 e. The highest BCUT2D eigenvalue weighted by Gasteiger charge is 2.17. The van der Waals surface area contributed by atoms with Gasteiger partial charge < -0.3 is 21.1 Å². The minimum absolute atomic E-state index is 0. The molecule has 142 valence electrons. The number of benzene rings is 1. The summed E-state index contributed by atoms with van der Waals surface area (Å²) in [5.41, 5.74) is 6.36. The molecule has 0 saturated carbocycles. The molecule has 6 nitrogen and oxygen atoms in total. The Balaban J connectivity index is 0.00000576. The molecule has 9 heteroatoms. The van der Waals surface area contributed by atoms with Gasteiger partial charge in [0.25, 0.3) is 6.43 Å². The number of nitrogens with one attached hydrogen (secondary N) is 2. The highest BCUT2D eigenvalue weighted by molar-refractivity contribution is 5.87. The fourth-order valence-electron chi connectivity index (χ4n) is 1.76. The number of nitrogens with two attached hydrogens (primary N) is 1. The van der Waals surface area contributed by atoms with Crippen LogP contribution >= 0.6 is 12.4 Å². The first-order valence-corrected chi connectivity index (χ1v) is 7.59. The maximum absolute atomic E-state index is 12.1. The Kier molecular flexibility index (Phi) is 10.7. The molecule has 0 spiro atoms. The SMILES string of the molecule is CC(C)[C@H](N)C(=O)NCC(=O)NCc1cccc(OCC(F)F)c1.Cl. The summed E-state index contributed by atoms with van der Waals surface area (Å²) in [4.78, 5) is 23.4. The Morgan fingerprint density at radius 2 is 1.92 bits per heavy atom. The fraction of sp³-hybridized carbons (Fsp3) is 0.500. The maximum Gasteiger partial charge on any atom is 0.272 e. The van der Waals surface area contributed by atoms with Gasteiger partial charge in [-0.1, -0.05) is 26.0 Å². The second-order valence-electron chi connectivity index (χ2n) is 5.61. The monoisotopic (exact) mass is 379 g/mol. The highest BCUT2D eigenvalue weighted by atomic mass is 35.5. The van der Waals surface area contributed by atoms with Crippen LogP contribution in [0.4, 0.5) is 8.78 Å². The zero-order valence-corrected chi connectivity index (χ0v) is 14.9. The maximum atomic E-state index is 12.1. The second-order valence-corrected chi connectivity index (χ2v) is 5.61. The van der Waals surface area contributed by atoms with Gasteiger partial charge in [0.15, 0.2) is 0 Å². The first kappa shape index (κ1) is 23.1. The van der Waals surface area contributed by atoms with Crippen molar-refractivity contribution in [2.24, 2.45) is 11.7 Å². The van der Waals surface area contributed by atoms with E-state index in [9.17, 15) is 18.4 Å². The Morgan fingerprint density at radius 3 is 2.52 bits per heavy atom. The van der Waals surface area contributed by atoms with E-state index < -0.39 is 19.1 Å². The number of carbonyl (C=O) groups excluding carboxylic acids is 2. The Morgan fingerprint density at radius 1 is 1.24 bits per heavy atom. The summed E-state index contributed by atoms with van der Waals surface area (Å²) < 4.78 is 29.1. The smallest absolute Gasteiger partial charge is 0.272 e. The molecule has 0 aliphatic rings. The lowest BCUT2D eigenvalue weighted by molar-refractivity contribution is -0.127. The van der Waals surface area contributed by atoms with Crippen LogP contribution in [-0.2, 0) is 16.1 Å². The molecule has 0 aromatic heterocycles. The molecule has 1 atom stereocenters. The largest absolute Gasteiger partial charge is 0.488 e. The lowest BCUT2D eigenvalue weighted by Crippen LogP contribution is -2.47. The number of alkyl halides is 2. The Hall–Kier alpha value is -1.93. The second kappa shape index (κ2) is 11.6. The number of rotatable bonds is 9. The number of amides is 2. The van der Waals surface area contributed by atoms with Crippen LogP contribution in [0.2, 0.25) is 0 Å². The zero-order chi connectivity index (χ0) is 18.1. The lowest BCUT2D eigenvalue weighted by atomic mass is 10.1. The minimum atomic E-state index is -2.55.